The van der Waals surface area contributed by atoms with Crippen molar-refractivity contribution in [2.75, 3.05) is 43.4 Å². The SMILES string of the molecule is Cl.Cl.Nc1nc(C2CC(N)C2)cc(N2CCN(CC=Cc3ccccc3)CC2)n1. The van der Waals surface area contributed by atoms with Crippen LogP contribution in [0.1, 0.15) is 30.0 Å². The lowest BCUT2D eigenvalue weighted by atomic mass is 9.78. The average Bonchev–Trinajstić information content (AvgIpc) is 2.66. The van der Waals surface area contributed by atoms with E-state index in [1.54, 1.807) is 0 Å². The monoisotopic (exact) mass is 436 g/mol. The summed E-state index contributed by atoms with van der Waals surface area (Å²) in [4.78, 5) is 13.7. The third kappa shape index (κ3) is 6.06. The number of hydrogen-bond acceptors (Lipinski definition) is 6. The van der Waals surface area contributed by atoms with Gasteiger partial charge in [-0.05, 0) is 18.4 Å². The molecule has 2 aliphatic rings. The van der Waals surface area contributed by atoms with Crippen LogP contribution in [0.4, 0.5) is 11.8 Å². The molecular formula is C21H30Cl2N6. The second-order valence-corrected chi connectivity index (χ2v) is 7.54. The number of aromatic nitrogens is 2. The predicted molar refractivity (Wildman–Crippen MR) is 125 cm³/mol. The smallest absolute Gasteiger partial charge is 0.222 e. The molecule has 0 spiro atoms. The highest BCUT2D eigenvalue weighted by molar-refractivity contribution is 5.85. The summed E-state index contributed by atoms with van der Waals surface area (Å²) in [6, 6.07) is 12.8. The van der Waals surface area contributed by atoms with E-state index < -0.39 is 0 Å². The molecule has 0 atom stereocenters. The summed E-state index contributed by atoms with van der Waals surface area (Å²) in [5, 5.41) is 0. The number of nitrogens with zero attached hydrogens (tertiary/aromatic N) is 4. The van der Waals surface area contributed by atoms with Gasteiger partial charge in [0.15, 0.2) is 0 Å². The second-order valence-electron chi connectivity index (χ2n) is 7.54. The van der Waals surface area contributed by atoms with Gasteiger partial charge in [-0.2, -0.15) is 4.98 Å². The Balaban J connectivity index is 0.00000150. The molecule has 1 aromatic carbocycles. The fourth-order valence-corrected chi connectivity index (χ4v) is 3.81. The zero-order chi connectivity index (χ0) is 18.6. The summed E-state index contributed by atoms with van der Waals surface area (Å²) in [5.41, 5.74) is 14.2. The minimum absolute atomic E-state index is 0. The van der Waals surface area contributed by atoms with Gasteiger partial charge in [0.1, 0.15) is 5.82 Å². The van der Waals surface area contributed by atoms with E-state index in [9.17, 15) is 0 Å². The van der Waals surface area contributed by atoms with Crippen LogP contribution in [0.3, 0.4) is 0 Å². The lowest BCUT2D eigenvalue weighted by molar-refractivity contribution is 0.283. The molecule has 0 bridgehead atoms. The van der Waals surface area contributed by atoms with Crippen LogP contribution in [0.15, 0.2) is 42.5 Å². The molecule has 1 saturated heterocycles. The van der Waals surface area contributed by atoms with Crippen molar-refractivity contribution in [1.29, 1.82) is 0 Å². The lowest BCUT2D eigenvalue weighted by Crippen LogP contribution is -2.46. The van der Waals surface area contributed by atoms with E-state index in [2.05, 4.69) is 62.3 Å². The van der Waals surface area contributed by atoms with Gasteiger partial charge in [-0.3, -0.25) is 4.90 Å². The molecule has 2 fully saturated rings. The standard InChI is InChI=1S/C21H28N6.2ClH/c22-18-13-17(14-18)19-15-20(25-21(23)24-19)27-11-9-26(10-12-27)8-4-7-16-5-2-1-3-6-16;;/h1-7,15,17-18H,8-14,22H2,(H2,23,24,25);2*1H. The fourth-order valence-electron chi connectivity index (χ4n) is 3.81. The van der Waals surface area contributed by atoms with Crippen LogP contribution in [-0.2, 0) is 0 Å². The van der Waals surface area contributed by atoms with E-state index in [4.69, 9.17) is 11.5 Å². The van der Waals surface area contributed by atoms with Crippen LogP contribution in [0.5, 0.6) is 0 Å². The van der Waals surface area contributed by atoms with Crippen molar-refractivity contribution < 1.29 is 0 Å². The Morgan fingerprint density at radius 3 is 2.34 bits per heavy atom. The first kappa shape index (κ1) is 23.4. The molecule has 8 heteroatoms. The number of piperazine rings is 1. The van der Waals surface area contributed by atoms with Gasteiger partial charge in [-0.1, -0.05) is 42.5 Å². The molecule has 1 saturated carbocycles. The Morgan fingerprint density at radius 2 is 1.69 bits per heavy atom. The minimum atomic E-state index is 0. The van der Waals surface area contributed by atoms with Crippen LogP contribution in [0, 0.1) is 0 Å². The van der Waals surface area contributed by atoms with Gasteiger partial charge < -0.3 is 16.4 Å². The van der Waals surface area contributed by atoms with E-state index in [0.717, 1.165) is 57.1 Å². The molecule has 1 aliphatic heterocycles. The zero-order valence-electron chi connectivity index (χ0n) is 16.5. The molecule has 1 aromatic heterocycles. The summed E-state index contributed by atoms with van der Waals surface area (Å²) in [5.74, 6) is 1.77. The average molecular weight is 437 g/mol. The van der Waals surface area contributed by atoms with Gasteiger partial charge in [0.25, 0.3) is 0 Å². The van der Waals surface area contributed by atoms with Crippen molar-refractivity contribution >= 4 is 42.7 Å². The second kappa shape index (κ2) is 10.8. The molecule has 6 nitrogen and oxygen atoms in total. The van der Waals surface area contributed by atoms with Crippen molar-refractivity contribution in [3.8, 4) is 0 Å². The Labute approximate surface area is 185 Å². The van der Waals surface area contributed by atoms with Crippen LogP contribution in [0.2, 0.25) is 0 Å². The van der Waals surface area contributed by atoms with E-state index in [1.165, 1.54) is 5.56 Å². The molecule has 2 heterocycles. The molecular weight excluding hydrogens is 407 g/mol. The topological polar surface area (TPSA) is 84.3 Å². The van der Waals surface area contributed by atoms with E-state index in [-0.39, 0.29) is 24.8 Å². The van der Waals surface area contributed by atoms with Gasteiger partial charge in [-0.15, -0.1) is 24.8 Å². The molecule has 158 valence electrons. The molecule has 29 heavy (non-hydrogen) atoms. The van der Waals surface area contributed by atoms with Crippen molar-refractivity contribution in [1.82, 2.24) is 14.9 Å². The number of nitrogen functional groups attached to an aromatic ring is 1. The number of benzene rings is 1. The number of anilines is 2. The fraction of sp³-hybridized carbons (Fsp3) is 0.429. The summed E-state index contributed by atoms with van der Waals surface area (Å²) < 4.78 is 0. The molecule has 4 N–H and O–H groups in total. The predicted octanol–water partition coefficient (Wildman–Crippen LogP) is 2.94. The number of rotatable bonds is 5. The first-order valence-electron chi connectivity index (χ1n) is 9.76. The highest BCUT2D eigenvalue weighted by atomic mass is 35.5. The number of nitrogens with two attached hydrogens (primary N) is 2. The maximum Gasteiger partial charge on any atom is 0.222 e. The van der Waals surface area contributed by atoms with E-state index in [1.807, 2.05) is 6.07 Å². The summed E-state index contributed by atoms with van der Waals surface area (Å²) in [7, 11) is 0. The molecule has 4 rings (SSSR count). The van der Waals surface area contributed by atoms with E-state index in [0.29, 0.717) is 17.9 Å². The summed E-state index contributed by atoms with van der Waals surface area (Å²) >= 11 is 0. The Bertz CT molecular complexity index is 787. The summed E-state index contributed by atoms with van der Waals surface area (Å²) in [6.07, 6.45) is 6.42. The third-order valence-corrected chi connectivity index (χ3v) is 5.51. The minimum Gasteiger partial charge on any atom is -0.368 e. The van der Waals surface area contributed by atoms with Crippen LogP contribution in [-0.4, -0.2) is 53.6 Å². The molecule has 1 aliphatic carbocycles. The van der Waals surface area contributed by atoms with Crippen LogP contribution in [0.25, 0.3) is 6.08 Å². The summed E-state index contributed by atoms with van der Waals surface area (Å²) in [6.45, 7) is 4.93. The molecule has 0 radical (unpaired) electrons. The van der Waals surface area contributed by atoms with Crippen molar-refractivity contribution in [3.05, 3.63) is 53.7 Å². The lowest BCUT2D eigenvalue weighted by Gasteiger charge is -2.36. The van der Waals surface area contributed by atoms with Gasteiger partial charge in [0, 0.05) is 50.7 Å². The normalized spacial score (nSPS) is 21.9. The van der Waals surface area contributed by atoms with Gasteiger partial charge >= 0.3 is 0 Å². The first-order chi connectivity index (χ1) is 13.2. The molecule has 0 amide bonds. The van der Waals surface area contributed by atoms with Gasteiger partial charge in [0.05, 0.1) is 5.69 Å². The Morgan fingerprint density at radius 1 is 1.00 bits per heavy atom. The first-order valence-corrected chi connectivity index (χ1v) is 9.76. The molecule has 2 aromatic rings. The van der Waals surface area contributed by atoms with Crippen molar-refractivity contribution in [3.63, 3.8) is 0 Å². The van der Waals surface area contributed by atoms with Crippen LogP contribution >= 0.6 is 24.8 Å². The van der Waals surface area contributed by atoms with Crippen LogP contribution < -0.4 is 16.4 Å². The van der Waals surface area contributed by atoms with Gasteiger partial charge in [-0.25, -0.2) is 4.98 Å². The highest BCUT2D eigenvalue weighted by Crippen LogP contribution is 2.35. The van der Waals surface area contributed by atoms with Crippen molar-refractivity contribution in [2.24, 2.45) is 5.73 Å². The number of halogens is 2. The largest absolute Gasteiger partial charge is 0.368 e. The quantitative estimate of drug-likeness (QED) is 0.749. The Kier molecular flexibility index (Phi) is 8.71. The maximum atomic E-state index is 5.97. The highest BCUT2D eigenvalue weighted by Gasteiger charge is 2.29. The zero-order valence-corrected chi connectivity index (χ0v) is 18.1. The Hall–Kier alpha value is -1.86. The van der Waals surface area contributed by atoms with E-state index >= 15 is 0 Å². The molecule has 0 unspecified atom stereocenters. The number of hydrogen-bond donors (Lipinski definition) is 2. The third-order valence-electron chi connectivity index (χ3n) is 5.51. The van der Waals surface area contributed by atoms with Gasteiger partial charge in [0.2, 0.25) is 5.95 Å². The van der Waals surface area contributed by atoms with Crippen molar-refractivity contribution in [2.45, 2.75) is 24.8 Å². The maximum absolute atomic E-state index is 5.97.